The van der Waals surface area contributed by atoms with Gasteiger partial charge >= 0.3 is 0 Å². The summed E-state index contributed by atoms with van der Waals surface area (Å²) < 4.78 is 0. The Balaban J connectivity index is 2.04. The Morgan fingerprint density at radius 2 is 1.86 bits per heavy atom. The summed E-state index contributed by atoms with van der Waals surface area (Å²) in [4.78, 5) is 2.66. The molecular weight excluding hydrogens is 256 g/mol. The fourth-order valence-corrected chi connectivity index (χ4v) is 2.77. The second-order valence-corrected chi connectivity index (χ2v) is 6.91. The van der Waals surface area contributed by atoms with Gasteiger partial charge in [-0.1, -0.05) is 36.8 Å². The molecule has 21 heavy (non-hydrogen) atoms. The lowest BCUT2D eigenvalue weighted by Gasteiger charge is -2.31. The molecule has 2 nitrogen and oxygen atoms in total. The second kappa shape index (κ2) is 7.95. The second-order valence-electron chi connectivity index (χ2n) is 6.91. The number of aryl methyl sites for hydroxylation is 1. The molecule has 0 amide bonds. The lowest BCUT2D eigenvalue weighted by molar-refractivity contribution is 0.189. The monoisotopic (exact) mass is 288 g/mol. The van der Waals surface area contributed by atoms with Crippen LogP contribution in [0.3, 0.4) is 0 Å². The van der Waals surface area contributed by atoms with Crippen LogP contribution in [0.25, 0.3) is 0 Å². The Kier molecular flexibility index (Phi) is 6.25. The molecule has 0 heterocycles. The number of hydrogen-bond donors (Lipinski definition) is 1. The maximum atomic E-state index is 3.74. The lowest BCUT2D eigenvalue weighted by atomic mass is 10.0. The predicted molar refractivity (Wildman–Crippen MR) is 91.6 cm³/mol. The molecule has 1 unspecified atom stereocenters. The smallest absolute Gasteiger partial charge is 0.0449 e. The zero-order chi connectivity index (χ0) is 15.2. The van der Waals surface area contributed by atoms with Gasteiger partial charge in [0.2, 0.25) is 0 Å². The number of nitrogens with one attached hydrogen (secondary N) is 1. The van der Waals surface area contributed by atoms with Crippen molar-refractivity contribution in [2.75, 3.05) is 19.6 Å². The van der Waals surface area contributed by atoms with E-state index in [-0.39, 0.29) is 0 Å². The van der Waals surface area contributed by atoms with Crippen molar-refractivity contribution in [2.45, 2.75) is 59.0 Å². The first-order chi connectivity index (χ1) is 10.1. The third kappa shape index (κ3) is 5.44. The van der Waals surface area contributed by atoms with Crippen LogP contribution in [-0.2, 0) is 0 Å². The molecule has 1 saturated carbocycles. The van der Waals surface area contributed by atoms with Gasteiger partial charge in [-0.15, -0.1) is 0 Å². The highest BCUT2D eigenvalue weighted by Gasteiger charge is 2.27. The van der Waals surface area contributed by atoms with E-state index in [2.05, 4.69) is 62.2 Å². The van der Waals surface area contributed by atoms with Gasteiger partial charge in [0, 0.05) is 25.2 Å². The van der Waals surface area contributed by atoms with E-state index < -0.39 is 0 Å². The molecule has 1 aromatic carbocycles. The van der Waals surface area contributed by atoms with Crippen LogP contribution in [0.15, 0.2) is 24.3 Å². The van der Waals surface area contributed by atoms with E-state index in [1.807, 2.05) is 0 Å². The van der Waals surface area contributed by atoms with Crippen LogP contribution in [0, 0.1) is 12.8 Å². The fourth-order valence-electron chi connectivity index (χ4n) is 2.77. The topological polar surface area (TPSA) is 15.3 Å². The molecule has 1 aromatic rings. The Bertz CT molecular complexity index is 406. The minimum absolute atomic E-state index is 0.451. The number of rotatable bonds is 9. The molecule has 1 aliphatic rings. The van der Waals surface area contributed by atoms with Crippen molar-refractivity contribution in [3.05, 3.63) is 35.4 Å². The summed E-state index contributed by atoms with van der Waals surface area (Å²) in [5.41, 5.74) is 2.77. The van der Waals surface area contributed by atoms with Gasteiger partial charge in [0.15, 0.2) is 0 Å². The fraction of sp³-hybridized carbons (Fsp3) is 0.684. The summed E-state index contributed by atoms with van der Waals surface area (Å²) in [6.45, 7) is 12.5. The molecule has 0 saturated heterocycles. The Labute approximate surface area is 130 Å². The molecule has 1 fully saturated rings. The molecule has 0 spiro atoms. The van der Waals surface area contributed by atoms with Crippen LogP contribution in [0.1, 0.15) is 57.2 Å². The van der Waals surface area contributed by atoms with Gasteiger partial charge in [0.05, 0.1) is 0 Å². The van der Waals surface area contributed by atoms with E-state index in [9.17, 15) is 0 Å². The van der Waals surface area contributed by atoms with E-state index in [1.165, 1.54) is 36.9 Å². The van der Waals surface area contributed by atoms with Crippen molar-refractivity contribution < 1.29 is 0 Å². The van der Waals surface area contributed by atoms with Gasteiger partial charge in [-0.2, -0.15) is 0 Å². The van der Waals surface area contributed by atoms with E-state index in [4.69, 9.17) is 0 Å². The first-order valence-electron chi connectivity index (χ1n) is 8.64. The van der Waals surface area contributed by atoms with Crippen LogP contribution >= 0.6 is 0 Å². The highest BCUT2D eigenvalue weighted by atomic mass is 15.2. The van der Waals surface area contributed by atoms with E-state index in [1.54, 1.807) is 0 Å². The molecule has 2 rings (SSSR count). The summed E-state index contributed by atoms with van der Waals surface area (Å²) in [7, 11) is 0. The normalized spacial score (nSPS) is 16.7. The summed E-state index contributed by atoms with van der Waals surface area (Å²) in [5, 5.41) is 3.74. The van der Waals surface area contributed by atoms with Crippen molar-refractivity contribution in [1.82, 2.24) is 10.2 Å². The van der Waals surface area contributed by atoms with E-state index in [0.717, 1.165) is 19.0 Å². The molecule has 1 N–H and O–H groups in total. The number of benzene rings is 1. The average molecular weight is 288 g/mol. The summed E-state index contributed by atoms with van der Waals surface area (Å²) in [5.74, 6) is 0.956. The van der Waals surface area contributed by atoms with Crippen molar-refractivity contribution >= 4 is 0 Å². The third-order valence-corrected chi connectivity index (χ3v) is 4.46. The molecule has 0 bridgehead atoms. The minimum Gasteiger partial charge on any atom is -0.309 e. The first-order valence-corrected chi connectivity index (χ1v) is 8.64. The van der Waals surface area contributed by atoms with E-state index in [0.29, 0.717) is 12.1 Å². The molecule has 0 aromatic heterocycles. The van der Waals surface area contributed by atoms with Gasteiger partial charge in [-0.25, -0.2) is 0 Å². The molecular formula is C19H32N2. The highest BCUT2D eigenvalue weighted by molar-refractivity contribution is 5.24. The summed E-state index contributed by atoms with van der Waals surface area (Å²) >= 11 is 0. The third-order valence-electron chi connectivity index (χ3n) is 4.46. The number of hydrogen-bond acceptors (Lipinski definition) is 2. The van der Waals surface area contributed by atoms with Gasteiger partial charge < -0.3 is 5.32 Å². The zero-order valence-corrected chi connectivity index (χ0v) is 14.2. The quantitative estimate of drug-likeness (QED) is 0.734. The number of nitrogens with zero attached hydrogens (tertiary/aromatic N) is 1. The standard InChI is InChI=1S/C19H32N2/c1-5-12-20-19(18-10-6-16(4)7-11-18)14-21(15(2)3)13-17-8-9-17/h6-7,10-11,15,17,19-20H,5,8-9,12-14H2,1-4H3. The van der Waals surface area contributed by atoms with Gasteiger partial charge in [0.25, 0.3) is 0 Å². The molecule has 1 aliphatic carbocycles. The van der Waals surface area contributed by atoms with Crippen molar-refractivity contribution in [2.24, 2.45) is 5.92 Å². The van der Waals surface area contributed by atoms with Crippen LogP contribution in [-0.4, -0.2) is 30.6 Å². The van der Waals surface area contributed by atoms with Gasteiger partial charge in [0.1, 0.15) is 0 Å². The van der Waals surface area contributed by atoms with E-state index >= 15 is 0 Å². The molecule has 0 radical (unpaired) electrons. The molecule has 118 valence electrons. The lowest BCUT2D eigenvalue weighted by Crippen LogP contribution is -2.40. The summed E-state index contributed by atoms with van der Waals surface area (Å²) in [6.07, 6.45) is 4.05. The van der Waals surface area contributed by atoms with Crippen LogP contribution < -0.4 is 5.32 Å². The highest BCUT2D eigenvalue weighted by Crippen LogP contribution is 2.31. The maximum Gasteiger partial charge on any atom is 0.0449 e. The SMILES string of the molecule is CCCNC(CN(CC1CC1)C(C)C)c1ccc(C)cc1. The van der Waals surface area contributed by atoms with Crippen molar-refractivity contribution in [1.29, 1.82) is 0 Å². The maximum absolute atomic E-state index is 3.74. The van der Waals surface area contributed by atoms with Gasteiger partial charge in [-0.3, -0.25) is 4.90 Å². The first kappa shape index (κ1) is 16.5. The Morgan fingerprint density at radius 3 is 2.38 bits per heavy atom. The van der Waals surface area contributed by atoms with Crippen LogP contribution in [0.4, 0.5) is 0 Å². The summed E-state index contributed by atoms with van der Waals surface area (Å²) in [6, 6.07) is 10.1. The Morgan fingerprint density at radius 1 is 1.19 bits per heavy atom. The zero-order valence-electron chi connectivity index (χ0n) is 14.2. The van der Waals surface area contributed by atoms with Crippen molar-refractivity contribution in [3.63, 3.8) is 0 Å². The van der Waals surface area contributed by atoms with Crippen LogP contribution in [0.2, 0.25) is 0 Å². The van der Waals surface area contributed by atoms with Crippen molar-refractivity contribution in [3.8, 4) is 0 Å². The molecule has 0 aliphatic heterocycles. The molecule has 1 atom stereocenters. The average Bonchev–Trinajstić information content (AvgIpc) is 3.27. The van der Waals surface area contributed by atoms with Crippen LogP contribution in [0.5, 0.6) is 0 Å². The molecule has 2 heteroatoms. The minimum atomic E-state index is 0.451. The largest absolute Gasteiger partial charge is 0.309 e. The predicted octanol–water partition coefficient (Wildman–Crippen LogP) is 4.16. The van der Waals surface area contributed by atoms with Gasteiger partial charge in [-0.05, 0) is 58.1 Å². The Hall–Kier alpha value is -0.860.